The first-order valence-electron chi connectivity index (χ1n) is 17.3. The third-order valence-corrected chi connectivity index (χ3v) is 11.0. The average Bonchev–Trinajstić information content (AvgIpc) is 3.22. The van der Waals surface area contributed by atoms with E-state index in [1.807, 2.05) is 0 Å². The van der Waals surface area contributed by atoms with Gasteiger partial charge in [-0.15, -0.1) is 0 Å². The summed E-state index contributed by atoms with van der Waals surface area (Å²) < 4.78 is 65.8. The predicted octanol–water partition coefficient (Wildman–Crippen LogP) is 7.42. The van der Waals surface area contributed by atoms with E-state index in [-0.39, 0.29) is 61.1 Å². The Balaban J connectivity index is 0.000000206. The van der Waals surface area contributed by atoms with Crippen LogP contribution in [0, 0.1) is 20.2 Å². The molecule has 23 heteroatoms. The molecule has 0 radical (unpaired) electrons. The van der Waals surface area contributed by atoms with Crippen LogP contribution < -0.4 is 20.4 Å². The topological polar surface area (TPSA) is 337 Å². The van der Waals surface area contributed by atoms with Gasteiger partial charge < -0.3 is 20.4 Å². The summed E-state index contributed by atoms with van der Waals surface area (Å²) in [6.07, 6.45) is 0. The summed E-state index contributed by atoms with van der Waals surface area (Å²) in [7, 11) is -9.72. The van der Waals surface area contributed by atoms with Crippen LogP contribution in [0.15, 0.2) is 152 Å². The fourth-order valence-corrected chi connectivity index (χ4v) is 7.82. The van der Waals surface area contributed by atoms with Crippen molar-refractivity contribution in [1.82, 2.24) is 0 Å². The van der Waals surface area contributed by atoms with Crippen LogP contribution in [0.2, 0.25) is 0 Å². The number of fused-ring (bicyclic) bond motifs is 4. The molecule has 63 heavy (non-hydrogen) atoms. The van der Waals surface area contributed by atoms with E-state index in [0.29, 0.717) is 22.9 Å². The van der Waals surface area contributed by atoms with Gasteiger partial charge in [-0.25, -0.2) is 0 Å². The van der Waals surface area contributed by atoms with Gasteiger partial charge in [0.05, 0.1) is 32.6 Å². The maximum Gasteiger partial charge on any atom is 3.00 e. The minimum Gasteiger partial charge on any atom is -0.871 e. The molecule has 0 atom stereocenters. The number of nitro benzene ring substituents is 2. The summed E-state index contributed by atoms with van der Waals surface area (Å²) in [5.74, 6) is -2.68. The first-order chi connectivity index (χ1) is 29.3. The SMILES string of the molecule is O=[N+]([O-])c1ccc2c(N=Nc3c([O-])ccc4ccccc34)c([O-])cc(S(=O)(=O)O)c2c1.O=[N+]([O-])c1ccc2c(N=Nc3c([O-])ccc4ccccc34)c([O-])cc(S(=O)(=O)O)c2c1.[Co+3]. The number of nitrogens with zero attached hydrogens (tertiary/aromatic N) is 6. The average molecular weight is 934 g/mol. The summed E-state index contributed by atoms with van der Waals surface area (Å²) >= 11 is 0. The molecule has 8 rings (SSSR count). The van der Waals surface area contributed by atoms with Crippen LogP contribution >= 0.6 is 0 Å². The van der Waals surface area contributed by atoms with Gasteiger partial charge in [-0.05, 0) is 35.0 Å². The van der Waals surface area contributed by atoms with Crippen molar-refractivity contribution in [3.8, 4) is 23.0 Å². The van der Waals surface area contributed by atoms with Crippen molar-refractivity contribution in [2.24, 2.45) is 20.5 Å². The molecule has 318 valence electrons. The molecule has 0 aliphatic carbocycles. The molecule has 0 aromatic heterocycles. The van der Waals surface area contributed by atoms with Crippen LogP contribution in [0.25, 0.3) is 43.1 Å². The van der Waals surface area contributed by atoms with Crippen LogP contribution in [0.5, 0.6) is 23.0 Å². The third kappa shape index (κ3) is 9.03. The first kappa shape index (κ1) is 44.9. The Labute approximate surface area is 363 Å². The van der Waals surface area contributed by atoms with Crippen molar-refractivity contribution >= 4 is 97.5 Å². The van der Waals surface area contributed by atoms with Gasteiger partial charge in [0, 0.05) is 56.6 Å². The molecule has 0 heterocycles. The fraction of sp³-hybridized carbons (Fsp3) is 0. The van der Waals surface area contributed by atoms with Crippen LogP contribution in [-0.2, 0) is 37.0 Å². The van der Waals surface area contributed by atoms with Gasteiger partial charge in [-0.1, -0.05) is 95.8 Å². The minimum absolute atomic E-state index is 0. The van der Waals surface area contributed by atoms with E-state index < -0.39 is 74.2 Å². The van der Waals surface area contributed by atoms with Gasteiger partial charge >= 0.3 is 16.8 Å². The van der Waals surface area contributed by atoms with Gasteiger partial charge in [0.2, 0.25) is 0 Å². The Hall–Kier alpha value is -7.67. The molecule has 0 bridgehead atoms. The third-order valence-electron chi connectivity index (χ3n) is 9.24. The Kier molecular flexibility index (Phi) is 12.4. The molecule has 0 saturated carbocycles. The molecule has 0 unspecified atom stereocenters. The minimum atomic E-state index is -4.86. The van der Waals surface area contributed by atoms with Gasteiger partial charge in [-0.3, -0.25) is 29.3 Å². The van der Waals surface area contributed by atoms with Crippen molar-refractivity contribution < 1.29 is 73.0 Å². The van der Waals surface area contributed by atoms with E-state index in [1.54, 1.807) is 60.7 Å². The van der Waals surface area contributed by atoms with E-state index in [2.05, 4.69) is 20.5 Å². The number of azo groups is 2. The number of hydrogen-bond donors (Lipinski definition) is 2. The Bertz CT molecular complexity index is 3270. The second kappa shape index (κ2) is 17.4. The first-order valence-corrected chi connectivity index (χ1v) is 20.2. The van der Waals surface area contributed by atoms with E-state index >= 15 is 0 Å². The van der Waals surface area contributed by atoms with E-state index in [1.165, 1.54) is 12.1 Å². The van der Waals surface area contributed by atoms with Crippen LogP contribution in [0.1, 0.15) is 0 Å². The van der Waals surface area contributed by atoms with E-state index in [4.69, 9.17) is 0 Å². The molecule has 0 fully saturated rings. The van der Waals surface area contributed by atoms with Crippen LogP contribution in [-0.4, -0.2) is 35.8 Å². The molecule has 0 saturated heterocycles. The van der Waals surface area contributed by atoms with Crippen molar-refractivity contribution in [2.75, 3.05) is 0 Å². The Morgan fingerprint density at radius 2 is 0.746 bits per heavy atom. The predicted molar refractivity (Wildman–Crippen MR) is 215 cm³/mol. The maximum atomic E-state index is 12.5. The number of nitro groups is 2. The van der Waals surface area contributed by atoms with Crippen LogP contribution in [0.4, 0.5) is 34.1 Å². The molecule has 0 aliphatic heterocycles. The smallest absolute Gasteiger partial charge is 0.871 e. The van der Waals surface area contributed by atoms with Crippen LogP contribution in [0.3, 0.4) is 0 Å². The number of rotatable bonds is 8. The van der Waals surface area contributed by atoms with E-state index in [0.717, 1.165) is 47.2 Å². The summed E-state index contributed by atoms with van der Waals surface area (Å²) in [6, 6.07) is 27.1. The monoisotopic (exact) mass is 933 g/mol. The number of benzene rings is 8. The zero-order chi connectivity index (χ0) is 44.7. The Morgan fingerprint density at radius 3 is 1.08 bits per heavy atom. The number of hydrogen-bond acceptors (Lipinski definition) is 16. The second-order valence-corrected chi connectivity index (χ2v) is 15.8. The molecule has 2 N–H and O–H groups in total. The Morgan fingerprint density at radius 1 is 0.413 bits per heavy atom. The zero-order valence-corrected chi connectivity index (χ0v) is 33.8. The summed E-state index contributed by atoms with van der Waals surface area (Å²) in [4.78, 5) is 19.1. The summed E-state index contributed by atoms with van der Waals surface area (Å²) in [6.45, 7) is 0. The molecule has 0 amide bonds. The molecule has 0 aliphatic rings. The molecular formula is C40H22CoN6O14S2-. The van der Waals surface area contributed by atoms with Crippen molar-refractivity contribution in [2.45, 2.75) is 9.79 Å². The largest absolute Gasteiger partial charge is 3.00 e. The maximum absolute atomic E-state index is 12.5. The summed E-state index contributed by atoms with van der Waals surface area (Å²) in [5, 5.41) is 89.2. The van der Waals surface area contributed by atoms with Gasteiger partial charge in [0.1, 0.15) is 9.79 Å². The number of non-ortho nitro benzene ring substituents is 2. The van der Waals surface area contributed by atoms with E-state index in [9.17, 15) is 66.6 Å². The van der Waals surface area contributed by atoms with Crippen molar-refractivity contribution in [3.63, 3.8) is 0 Å². The second-order valence-electron chi connectivity index (χ2n) is 13.0. The molecule has 0 spiro atoms. The zero-order valence-electron chi connectivity index (χ0n) is 31.2. The molecule has 8 aromatic carbocycles. The standard InChI is InChI=1S/2C20H13N3O7S.Co/c2*24-16-8-5-11-3-1-2-4-13(11)19(16)21-22-20-14-7-6-12(23(26)27)9-15(14)18(10-17(20)25)31(28,29)30;/h2*1-10,24-25H,(H,28,29,30);/q;;+3/p-4. The van der Waals surface area contributed by atoms with Crippen molar-refractivity contribution in [3.05, 3.63) is 142 Å². The normalized spacial score (nSPS) is 11.8. The van der Waals surface area contributed by atoms with Gasteiger partial charge in [0.15, 0.2) is 0 Å². The fourth-order valence-electron chi connectivity index (χ4n) is 6.42. The van der Waals surface area contributed by atoms with Gasteiger partial charge in [0.25, 0.3) is 31.6 Å². The quantitative estimate of drug-likeness (QED) is 0.0648. The van der Waals surface area contributed by atoms with Crippen molar-refractivity contribution in [1.29, 1.82) is 0 Å². The van der Waals surface area contributed by atoms with Gasteiger partial charge in [-0.2, -0.15) is 37.3 Å². The summed E-state index contributed by atoms with van der Waals surface area (Å²) in [5.41, 5.74) is -1.60. The molecular weight excluding hydrogens is 912 g/mol. The molecule has 8 aromatic rings. The molecule has 20 nitrogen and oxygen atoms in total.